The number of likely N-dealkylation sites (N-methyl/N-ethyl adjacent to an activating group) is 1. The molecule has 1 aromatic carbocycles. The fourth-order valence-corrected chi connectivity index (χ4v) is 2.48. The average Bonchev–Trinajstić information content (AvgIpc) is 2.94. The lowest BCUT2D eigenvalue weighted by molar-refractivity contribution is -0.132. The van der Waals surface area contributed by atoms with E-state index in [9.17, 15) is 4.79 Å². The Balaban J connectivity index is 1.79. The van der Waals surface area contributed by atoms with Crippen LogP contribution >= 0.6 is 0 Å². The predicted octanol–water partition coefficient (Wildman–Crippen LogP) is 1.45. The van der Waals surface area contributed by atoms with Crippen molar-refractivity contribution < 1.29 is 9.53 Å². The molecule has 3 rings (SSSR count). The van der Waals surface area contributed by atoms with Crippen molar-refractivity contribution >= 4 is 11.6 Å². The molecule has 0 saturated carbocycles. The van der Waals surface area contributed by atoms with Crippen LogP contribution in [-0.4, -0.2) is 53.4 Å². The second kappa shape index (κ2) is 6.29. The minimum absolute atomic E-state index is 0.122. The molecule has 0 aliphatic carbocycles. The normalized spacial score (nSPS) is 19.1. The highest BCUT2D eigenvalue weighted by Crippen LogP contribution is 2.20. The van der Waals surface area contributed by atoms with Crippen LogP contribution in [0.4, 0.5) is 5.69 Å². The number of ether oxygens (including phenoxy) is 1. The highest BCUT2D eigenvalue weighted by molar-refractivity contribution is 5.96. The van der Waals surface area contributed by atoms with Gasteiger partial charge in [0.2, 0.25) is 0 Å². The Morgan fingerprint density at radius 1 is 1.36 bits per heavy atom. The van der Waals surface area contributed by atoms with Crippen molar-refractivity contribution in [2.45, 2.75) is 13.0 Å². The lowest BCUT2D eigenvalue weighted by atomic mass is 10.2. The van der Waals surface area contributed by atoms with E-state index < -0.39 is 6.10 Å². The molecule has 1 saturated heterocycles. The Morgan fingerprint density at radius 2 is 2.18 bits per heavy atom. The number of benzene rings is 1. The molecule has 1 aliphatic heterocycles. The first-order valence-electron chi connectivity index (χ1n) is 7.36. The first-order valence-corrected chi connectivity index (χ1v) is 7.36. The number of nitrogens with one attached hydrogen (secondary N) is 1. The smallest absolute Gasteiger partial charge is 0.254 e. The van der Waals surface area contributed by atoms with E-state index >= 15 is 0 Å². The van der Waals surface area contributed by atoms with Crippen LogP contribution in [0.25, 0.3) is 5.69 Å². The number of carbonyl (C=O) groups excluding carboxylic acids is 1. The molecule has 1 atom stereocenters. The molecule has 116 valence electrons. The summed E-state index contributed by atoms with van der Waals surface area (Å²) >= 11 is 0. The van der Waals surface area contributed by atoms with Crippen LogP contribution in [0.3, 0.4) is 0 Å². The number of anilines is 1. The molecule has 1 unspecified atom stereocenters. The molecule has 1 aromatic heterocycles. The van der Waals surface area contributed by atoms with Crippen molar-refractivity contribution in [2.24, 2.45) is 0 Å². The van der Waals surface area contributed by atoms with Crippen molar-refractivity contribution in [2.75, 3.05) is 32.1 Å². The maximum Gasteiger partial charge on any atom is 0.254 e. The minimum Gasteiger partial charge on any atom is -0.366 e. The molecular formula is C16H20N4O2. The van der Waals surface area contributed by atoms with E-state index in [1.54, 1.807) is 4.68 Å². The molecule has 0 spiro atoms. The van der Waals surface area contributed by atoms with Crippen LogP contribution in [0, 0.1) is 6.92 Å². The van der Waals surface area contributed by atoms with Crippen LogP contribution in [0.15, 0.2) is 36.5 Å². The van der Waals surface area contributed by atoms with Crippen molar-refractivity contribution in [3.05, 3.63) is 42.2 Å². The van der Waals surface area contributed by atoms with Crippen molar-refractivity contribution in [1.82, 2.24) is 14.7 Å². The number of aryl methyl sites for hydroxylation is 1. The number of para-hydroxylation sites is 2. The maximum absolute atomic E-state index is 12.4. The second-order valence-corrected chi connectivity index (χ2v) is 5.53. The number of hydrogen-bond donors (Lipinski definition) is 1. The van der Waals surface area contributed by atoms with Gasteiger partial charge in [-0.25, -0.2) is 4.68 Å². The molecule has 1 amide bonds. The fourth-order valence-electron chi connectivity index (χ4n) is 2.48. The summed E-state index contributed by atoms with van der Waals surface area (Å²) in [6.45, 7) is 3.97. The standard InChI is InChI=1S/C16H20N4O2/c1-12-7-8-20(18-12)14-6-4-3-5-13(14)17-16(21)15-11-19(2)9-10-22-15/h3-8,15H,9-11H2,1-2H3,(H,17,21). The van der Waals surface area contributed by atoms with Gasteiger partial charge < -0.3 is 15.0 Å². The van der Waals surface area contributed by atoms with Gasteiger partial charge in [-0.05, 0) is 32.2 Å². The SMILES string of the molecule is Cc1ccn(-c2ccccc2NC(=O)C2CN(C)CCO2)n1. The largest absolute Gasteiger partial charge is 0.366 e. The van der Waals surface area contributed by atoms with E-state index in [1.807, 2.05) is 50.5 Å². The van der Waals surface area contributed by atoms with Crippen LogP contribution in [0.5, 0.6) is 0 Å². The van der Waals surface area contributed by atoms with Crippen LogP contribution < -0.4 is 5.32 Å². The van der Waals surface area contributed by atoms with Crippen LogP contribution in [0.2, 0.25) is 0 Å². The summed E-state index contributed by atoms with van der Waals surface area (Å²) in [5.74, 6) is -0.122. The Morgan fingerprint density at radius 3 is 2.91 bits per heavy atom. The zero-order valence-electron chi connectivity index (χ0n) is 12.8. The van der Waals surface area contributed by atoms with Crippen molar-refractivity contribution in [1.29, 1.82) is 0 Å². The maximum atomic E-state index is 12.4. The summed E-state index contributed by atoms with van der Waals surface area (Å²) in [5, 5.41) is 7.36. The van der Waals surface area contributed by atoms with Gasteiger partial charge in [-0.1, -0.05) is 12.1 Å². The van der Waals surface area contributed by atoms with Gasteiger partial charge in [0.15, 0.2) is 0 Å². The van der Waals surface area contributed by atoms with Gasteiger partial charge >= 0.3 is 0 Å². The zero-order valence-corrected chi connectivity index (χ0v) is 12.8. The summed E-state index contributed by atoms with van der Waals surface area (Å²) in [6.07, 6.45) is 1.44. The highest BCUT2D eigenvalue weighted by atomic mass is 16.5. The third kappa shape index (κ3) is 3.18. The van der Waals surface area contributed by atoms with E-state index in [2.05, 4.69) is 15.3 Å². The van der Waals surface area contributed by atoms with Crippen LogP contribution in [-0.2, 0) is 9.53 Å². The Bertz CT molecular complexity index is 668. The third-order valence-corrected chi connectivity index (χ3v) is 3.69. The molecular weight excluding hydrogens is 280 g/mol. The molecule has 6 heteroatoms. The van der Waals surface area contributed by atoms with Gasteiger partial charge in [0, 0.05) is 19.3 Å². The summed E-state index contributed by atoms with van der Waals surface area (Å²) in [5.41, 5.74) is 2.50. The number of amides is 1. The first-order chi connectivity index (χ1) is 10.6. The van der Waals surface area contributed by atoms with Gasteiger partial charge in [0.05, 0.1) is 23.7 Å². The summed E-state index contributed by atoms with van der Waals surface area (Å²) in [7, 11) is 1.99. The molecule has 1 N–H and O–H groups in total. The number of rotatable bonds is 3. The van der Waals surface area contributed by atoms with Gasteiger partial charge in [0.25, 0.3) is 5.91 Å². The molecule has 22 heavy (non-hydrogen) atoms. The lowest BCUT2D eigenvalue weighted by Gasteiger charge is -2.29. The van der Waals surface area contributed by atoms with E-state index in [0.29, 0.717) is 13.2 Å². The summed E-state index contributed by atoms with van der Waals surface area (Å²) < 4.78 is 7.32. The molecule has 6 nitrogen and oxygen atoms in total. The zero-order chi connectivity index (χ0) is 15.5. The van der Waals surface area contributed by atoms with Gasteiger partial charge in [0.1, 0.15) is 6.10 Å². The Kier molecular flexibility index (Phi) is 4.22. The topological polar surface area (TPSA) is 59.4 Å². The number of hydrogen-bond acceptors (Lipinski definition) is 4. The number of aromatic nitrogens is 2. The number of morpholine rings is 1. The minimum atomic E-state index is -0.439. The van der Waals surface area contributed by atoms with Gasteiger partial charge in [-0.15, -0.1) is 0 Å². The lowest BCUT2D eigenvalue weighted by Crippen LogP contribution is -2.46. The second-order valence-electron chi connectivity index (χ2n) is 5.53. The van der Waals surface area contributed by atoms with Crippen LogP contribution in [0.1, 0.15) is 5.69 Å². The predicted molar refractivity (Wildman–Crippen MR) is 84.2 cm³/mol. The molecule has 1 aliphatic rings. The van der Waals surface area contributed by atoms with Gasteiger partial charge in [-0.3, -0.25) is 4.79 Å². The summed E-state index contributed by atoms with van der Waals surface area (Å²) in [6, 6.07) is 9.54. The quantitative estimate of drug-likeness (QED) is 0.932. The molecule has 1 fully saturated rings. The number of nitrogens with zero attached hydrogens (tertiary/aromatic N) is 3. The van der Waals surface area contributed by atoms with E-state index in [4.69, 9.17) is 4.74 Å². The molecule has 2 heterocycles. The van der Waals surface area contributed by atoms with E-state index in [-0.39, 0.29) is 5.91 Å². The monoisotopic (exact) mass is 300 g/mol. The van der Waals surface area contributed by atoms with E-state index in [1.165, 1.54) is 0 Å². The number of carbonyl (C=O) groups is 1. The third-order valence-electron chi connectivity index (χ3n) is 3.69. The van der Waals surface area contributed by atoms with Crippen molar-refractivity contribution in [3.8, 4) is 5.69 Å². The highest BCUT2D eigenvalue weighted by Gasteiger charge is 2.25. The Labute approximate surface area is 129 Å². The average molecular weight is 300 g/mol. The summed E-state index contributed by atoms with van der Waals surface area (Å²) in [4.78, 5) is 14.5. The fraction of sp³-hybridized carbons (Fsp3) is 0.375. The van der Waals surface area contributed by atoms with Gasteiger partial charge in [-0.2, -0.15) is 5.10 Å². The van der Waals surface area contributed by atoms with E-state index in [0.717, 1.165) is 23.6 Å². The Hall–Kier alpha value is -2.18. The first kappa shape index (κ1) is 14.7. The molecule has 2 aromatic rings. The van der Waals surface area contributed by atoms with Crippen molar-refractivity contribution in [3.63, 3.8) is 0 Å². The molecule has 0 radical (unpaired) electrons. The molecule has 0 bridgehead atoms.